The normalized spacial score (nSPS) is 10.4. The molecule has 0 saturated carbocycles. The number of methoxy groups -OCH3 is 1. The second-order valence-electron chi connectivity index (χ2n) is 5.36. The Morgan fingerprint density at radius 2 is 1.76 bits per heavy atom. The fourth-order valence-electron chi connectivity index (χ4n) is 2.22. The van der Waals surface area contributed by atoms with Crippen LogP contribution in [-0.2, 0) is 22.5 Å². The fourth-order valence-corrected chi connectivity index (χ4v) is 2.22. The Hall–Kier alpha value is -3.03. The molecule has 1 aromatic heterocycles. The molecule has 0 spiro atoms. The smallest absolute Gasteiger partial charge is 0.339 e. The van der Waals surface area contributed by atoms with Gasteiger partial charge in [0.2, 0.25) is 5.91 Å². The van der Waals surface area contributed by atoms with Gasteiger partial charge in [-0.25, -0.2) is 13.6 Å². The lowest BCUT2D eigenvalue weighted by Gasteiger charge is -2.09. The number of rotatable bonds is 5. The molecule has 2 rings (SSSR count). The number of carbonyl (C=O) groups excluding carboxylic acids is 2. The number of nitrogens with one attached hydrogen (secondary N) is 2. The van der Waals surface area contributed by atoms with Crippen molar-refractivity contribution in [3.63, 3.8) is 0 Å². The van der Waals surface area contributed by atoms with Crippen LogP contribution in [-0.4, -0.2) is 24.0 Å². The van der Waals surface area contributed by atoms with Crippen LogP contribution in [0.4, 0.5) is 8.78 Å². The Morgan fingerprint density at radius 1 is 1.12 bits per heavy atom. The van der Waals surface area contributed by atoms with Gasteiger partial charge in [0.1, 0.15) is 11.6 Å². The molecule has 0 aliphatic heterocycles. The van der Waals surface area contributed by atoms with Gasteiger partial charge in [-0.15, -0.1) is 0 Å². The van der Waals surface area contributed by atoms with Crippen molar-refractivity contribution in [3.8, 4) is 0 Å². The molecule has 25 heavy (non-hydrogen) atoms. The summed E-state index contributed by atoms with van der Waals surface area (Å²) in [7, 11) is 1.19. The lowest BCUT2D eigenvalue weighted by molar-refractivity contribution is -0.119. The molecule has 0 aliphatic rings. The first-order valence-electron chi connectivity index (χ1n) is 7.33. The van der Waals surface area contributed by atoms with Crippen LogP contribution in [0.3, 0.4) is 0 Å². The van der Waals surface area contributed by atoms with E-state index in [9.17, 15) is 23.2 Å². The van der Waals surface area contributed by atoms with E-state index in [2.05, 4.69) is 15.0 Å². The zero-order valence-electron chi connectivity index (χ0n) is 13.6. The van der Waals surface area contributed by atoms with Crippen LogP contribution in [0.2, 0.25) is 0 Å². The highest BCUT2D eigenvalue weighted by molar-refractivity contribution is 5.89. The number of benzene rings is 1. The molecule has 0 atom stereocenters. The third kappa shape index (κ3) is 4.50. The van der Waals surface area contributed by atoms with Gasteiger partial charge in [0, 0.05) is 37.2 Å². The van der Waals surface area contributed by atoms with E-state index in [0.717, 1.165) is 12.1 Å². The Balaban J connectivity index is 2.31. The number of hydrogen-bond donors (Lipinski definition) is 2. The van der Waals surface area contributed by atoms with E-state index in [-0.39, 0.29) is 41.1 Å². The second kappa shape index (κ2) is 7.69. The number of H-pyrrole nitrogens is 1. The number of pyridine rings is 1. The molecule has 1 amide bonds. The van der Waals surface area contributed by atoms with Crippen LogP contribution >= 0.6 is 0 Å². The fraction of sp³-hybridized carbons (Fsp3) is 0.235. The van der Waals surface area contributed by atoms with Gasteiger partial charge >= 0.3 is 5.97 Å². The minimum Gasteiger partial charge on any atom is -0.465 e. The summed E-state index contributed by atoms with van der Waals surface area (Å²) in [6, 6.07) is 3.21. The van der Waals surface area contributed by atoms with Crippen molar-refractivity contribution in [1.29, 1.82) is 0 Å². The van der Waals surface area contributed by atoms with Gasteiger partial charge in [0.15, 0.2) is 0 Å². The first-order chi connectivity index (χ1) is 11.8. The molecule has 0 saturated heterocycles. The molecular formula is C17H16F2N2O4. The number of aromatic amines is 1. The van der Waals surface area contributed by atoms with Crippen molar-refractivity contribution in [1.82, 2.24) is 10.3 Å². The quantitative estimate of drug-likeness (QED) is 0.803. The first-order valence-corrected chi connectivity index (χ1v) is 7.33. The lowest BCUT2D eigenvalue weighted by atomic mass is 10.0. The Bertz CT molecular complexity index is 877. The van der Waals surface area contributed by atoms with Gasteiger partial charge in [0.25, 0.3) is 5.56 Å². The Morgan fingerprint density at radius 3 is 2.40 bits per heavy atom. The topological polar surface area (TPSA) is 88.3 Å². The van der Waals surface area contributed by atoms with Crippen LogP contribution < -0.4 is 10.9 Å². The molecule has 1 heterocycles. The van der Waals surface area contributed by atoms with E-state index in [1.165, 1.54) is 26.3 Å². The summed E-state index contributed by atoms with van der Waals surface area (Å²) in [4.78, 5) is 36.6. The van der Waals surface area contributed by atoms with Crippen molar-refractivity contribution < 1.29 is 23.1 Å². The van der Waals surface area contributed by atoms with Crippen molar-refractivity contribution >= 4 is 11.9 Å². The number of hydrogen-bond acceptors (Lipinski definition) is 4. The summed E-state index contributed by atoms with van der Waals surface area (Å²) in [6.07, 6.45) is 0.981. The van der Waals surface area contributed by atoms with E-state index in [1.54, 1.807) is 0 Å². The predicted octanol–water partition coefficient (Wildman–Crippen LogP) is 1.67. The Kier molecular flexibility index (Phi) is 5.63. The summed E-state index contributed by atoms with van der Waals surface area (Å²) in [5, 5.41) is 2.38. The maximum atomic E-state index is 14.2. The summed E-state index contributed by atoms with van der Waals surface area (Å²) in [5.74, 6) is -2.44. The zero-order valence-corrected chi connectivity index (χ0v) is 13.6. The van der Waals surface area contributed by atoms with E-state index >= 15 is 0 Å². The minimum atomic E-state index is -0.718. The minimum absolute atomic E-state index is 0.00586. The molecular weight excluding hydrogens is 334 g/mol. The monoisotopic (exact) mass is 350 g/mol. The zero-order chi connectivity index (χ0) is 18.6. The third-order valence-corrected chi connectivity index (χ3v) is 3.53. The maximum Gasteiger partial charge on any atom is 0.339 e. The van der Waals surface area contributed by atoms with Crippen molar-refractivity contribution in [2.24, 2.45) is 0 Å². The van der Waals surface area contributed by atoms with Gasteiger partial charge in [-0.3, -0.25) is 9.59 Å². The van der Waals surface area contributed by atoms with E-state index in [0.29, 0.717) is 0 Å². The summed E-state index contributed by atoms with van der Waals surface area (Å²) in [6.45, 7) is 1.12. The number of ether oxygens (including phenoxy) is 1. The highest BCUT2D eigenvalue weighted by Gasteiger charge is 2.14. The number of carbonyl (C=O) groups is 2. The van der Waals surface area contributed by atoms with Gasteiger partial charge in [0.05, 0.1) is 12.7 Å². The molecule has 8 heteroatoms. The summed E-state index contributed by atoms with van der Waals surface area (Å²) >= 11 is 0. The highest BCUT2D eigenvalue weighted by atomic mass is 19.1. The van der Waals surface area contributed by atoms with E-state index < -0.39 is 23.2 Å². The molecule has 0 radical (unpaired) electrons. The van der Waals surface area contributed by atoms with Crippen molar-refractivity contribution in [2.45, 2.75) is 19.9 Å². The van der Waals surface area contributed by atoms with Crippen molar-refractivity contribution in [3.05, 3.63) is 68.6 Å². The van der Waals surface area contributed by atoms with Gasteiger partial charge in [-0.2, -0.15) is 0 Å². The van der Waals surface area contributed by atoms with Crippen LogP contribution in [0, 0.1) is 11.6 Å². The van der Waals surface area contributed by atoms with Crippen LogP contribution in [0.1, 0.15) is 34.0 Å². The predicted molar refractivity (Wildman–Crippen MR) is 85.1 cm³/mol. The largest absolute Gasteiger partial charge is 0.465 e. The van der Waals surface area contributed by atoms with Crippen LogP contribution in [0.5, 0.6) is 0 Å². The molecule has 0 aliphatic carbocycles. The molecule has 0 fully saturated rings. The summed E-state index contributed by atoms with van der Waals surface area (Å²) in [5.41, 5.74) is -0.379. The maximum absolute atomic E-state index is 14.2. The average Bonchev–Trinajstić information content (AvgIpc) is 2.57. The molecule has 132 valence electrons. The molecule has 2 N–H and O–H groups in total. The average molecular weight is 350 g/mol. The molecule has 0 bridgehead atoms. The number of amides is 1. The van der Waals surface area contributed by atoms with Crippen LogP contribution in [0.25, 0.3) is 0 Å². The van der Waals surface area contributed by atoms with E-state index in [4.69, 9.17) is 0 Å². The lowest BCUT2D eigenvalue weighted by Crippen LogP contribution is -2.20. The Labute approximate surface area is 141 Å². The van der Waals surface area contributed by atoms with Crippen molar-refractivity contribution in [2.75, 3.05) is 7.11 Å². The molecule has 6 nitrogen and oxygen atoms in total. The standard InChI is InChI=1S/C17H16F2N2O4/c1-9(22)20-7-12-6-14(18)10(5-15(12)19)3-11-4-13(17(24)25-2)8-21-16(11)23/h4-6,8H,3,7H2,1-2H3,(H,20,22)(H,21,23). The van der Waals surface area contributed by atoms with Crippen LogP contribution in [0.15, 0.2) is 29.2 Å². The molecule has 0 unspecified atom stereocenters. The van der Waals surface area contributed by atoms with E-state index in [1.807, 2.05) is 0 Å². The van der Waals surface area contributed by atoms with Gasteiger partial charge < -0.3 is 15.0 Å². The third-order valence-electron chi connectivity index (χ3n) is 3.53. The summed E-state index contributed by atoms with van der Waals surface area (Å²) < 4.78 is 32.8. The first kappa shape index (κ1) is 18.3. The van der Waals surface area contributed by atoms with Gasteiger partial charge in [-0.1, -0.05) is 0 Å². The molecule has 2 aromatic rings. The SMILES string of the molecule is COC(=O)c1c[nH]c(=O)c(Cc2cc(F)c(CNC(C)=O)cc2F)c1. The van der Waals surface area contributed by atoms with Gasteiger partial charge in [-0.05, 0) is 23.8 Å². The highest BCUT2D eigenvalue weighted by Crippen LogP contribution is 2.18. The second-order valence-corrected chi connectivity index (χ2v) is 5.36. The number of esters is 1. The molecule has 1 aromatic carbocycles. The number of aromatic nitrogens is 1. The number of halogens is 2.